The first kappa shape index (κ1) is 23.5. The molecule has 1 aliphatic carbocycles. The van der Waals surface area contributed by atoms with Crippen molar-refractivity contribution >= 4 is 37.1 Å². The van der Waals surface area contributed by atoms with Crippen LogP contribution in [0, 0.1) is 13.8 Å². The molecule has 0 spiro atoms. The van der Waals surface area contributed by atoms with Crippen LogP contribution in [0.15, 0.2) is 121 Å². The molecule has 34 heavy (non-hydrogen) atoms. The fourth-order valence-corrected chi connectivity index (χ4v) is 12.4. The third-order valence-corrected chi connectivity index (χ3v) is 13.7. The van der Waals surface area contributed by atoms with Crippen LogP contribution in [0.3, 0.4) is 0 Å². The summed E-state index contributed by atoms with van der Waals surface area (Å²) in [5.41, 5.74) is 0. The highest BCUT2D eigenvalue weighted by molar-refractivity contribution is 7.78. The Hall–Kier alpha value is -2.26. The van der Waals surface area contributed by atoms with Crippen LogP contribution in [-0.4, -0.2) is 10.3 Å². The minimum atomic E-state index is -0.710. The molecule has 4 aromatic carbocycles. The molecule has 170 valence electrons. The third-order valence-electron chi connectivity index (χ3n) is 7.21. The van der Waals surface area contributed by atoms with Gasteiger partial charge in [0.15, 0.2) is 0 Å². The standard InChI is InChI=1S/C32H32P2/c1-31(33(27-17-7-3-8-18-27)28-19-9-4-10-20-28)25-15-16-26-32(31,2)34(29-21-11-5-12-22-29)30-23-13-6-14-24-30/h3-14,17-24H,1-2,15-16,25-26H2/t31-,32-/m1/s1. The van der Waals surface area contributed by atoms with Gasteiger partial charge in [0.2, 0.25) is 0 Å². The van der Waals surface area contributed by atoms with Crippen molar-refractivity contribution in [2.24, 2.45) is 0 Å². The molecule has 5 rings (SSSR count). The molecular formula is C32H32P2. The molecule has 0 nitrogen and oxygen atoms in total. The molecule has 2 heteroatoms. The van der Waals surface area contributed by atoms with Crippen molar-refractivity contribution in [3.05, 3.63) is 135 Å². The molecule has 0 bridgehead atoms. The van der Waals surface area contributed by atoms with Gasteiger partial charge in [0.05, 0.1) is 0 Å². The number of hydrogen-bond acceptors (Lipinski definition) is 0. The second kappa shape index (κ2) is 10.2. The second-order valence-corrected chi connectivity index (χ2v) is 14.4. The van der Waals surface area contributed by atoms with Crippen molar-refractivity contribution in [2.45, 2.75) is 36.0 Å². The molecule has 1 fully saturated rings. The van der Waals surface area contributed by atoms with Crippen molar-refractivity contribution in [1.82, 2.24) is 0 Å². The third kappa shape index (κ3) is 4.28. The van der Waals surface area contributed by atoms with Gasteiger partial charge in [-0.15, -0.1) is 0 Å². The summed E-state index contributed by atoms with van der Waals surface area (Å²) in [5, 5.41) is 5.27. The molecule has 1 saturated carbocycles. The lowest BCUT2D eigenvalue weighted by Gasteiger charge is -2.58. The normalized spacial score (nSPS) is 22.7. The van der Waals surface area contributed by atoms with Gasteiger partial charge in [0.1, 0.15) is 0 Å². The molecule has 0 unspecified atom stereocenters. The van der Waals surface area contributed by atoms with Crippen molar-refractivity contribution in [2.75, 3.05) is 0 Å². The summed E-state index contributed by atoms with van der Waals surface area (Å²) in [7, 11) is -1.42. The van der Waals surface area contributed by atoms with Crippen molar-refractivity contribution in [1.29, 1.82) is 0 Å². The molecular weight excluding hydrogens is 446 g/mol. The fraction of sp³-hybridized carbons (Fsp3) is 0.188. The average molecular weight is 479 g/mol. The Balaban J connectivity index is 1.74. The van der Waals surface area contributed by atoms with Crippen LogP contribution < -0.4 is 21.2 Å². The first-order chi connectivity index (χ1) is 16.6. The lowest BCUT2D eigenvalue weighted by Crippen LogP contribution is -2.55. The minimum absolute atomic E-state index is 0.180. The topological polar surface area (TPSA) is 0 Å². The van der Waals surface area contributed by atoms with Crippen LogP contribution in [0.25, 0.3) is 0 Å². The summed E-state index contributed by atoms with van der Waals surface area (Å²) >= 11 is 0. The van der Waals surface area contributed by atoms with Crippen LogP contribution in [0.1, 0.15) is 25.7 Å². The largest absolute Gasteiger partial charge is 0.0622 e. The van der Waals surface area contributed by atoms with Crippen LogP contribution in [0.2, 0.25) is 0 Å². The Morgan fingerprint density at radius 1 is 0.412 bits per heavy atom. The lowest BCUT2D eigenvalue weighted by molar-refractivity contribution is 0.390. The quantitative estimate of drug-likeness (QED) is 0.263. The van der Waals surface area contributed by atoms with Gasteiger partial charge in [-0.25, -0.2) is 0 Å². The van der Waals surface area contributed by atoms with Crippen molar-refractivity contribution < 1.29 is 0 Å². The maximum absolute atomic E-state index is 5.19. The highest BCUT2D eigenvalue weighted by Gasteiger charge is 2.56. The highest BCUT2D eigenvalue weighted by atomic mass is 31.1. The molecule has 0 N–H and O–H groups in total. The lowest BCUT2D eigenvalue weighted by atomic mass is 9.79. The Kier molecular flexibility index (Phi) is 7.01. The maximum atomic E-state index is 5.19. The van der Waals surface area contributed by atoms with E-state index in [1.165, 1.54) is 34.1 Å². The molecule has 0 amide bonds. The number of benzene rings is 4. The van der Waals surface area contributed by atoms with E-state index in [9.17, 15) is 0 Å². The monoisotopic (exact) mass is 478 g/mol. The van der Waals surface area contributed by atoms with Gasteiger partial charge in [-0.1, -0.05) is 134 Å². The average Bonchev–Trinajstić information content (AvgIpc) is 2.89. The first-order valence-corrected chi connectivity index (χ1v) is 14.8. The van der Waals surface area contributed by atoms with E-state index in [0.717, 1.165) is 12.8 Å². The van der Waals surface area contributed by atoms with Gasteiger partial charge in [-0.2, -0.15) is 0 Å². The van der Waals surface area contributed by atoms with Gasteiger partial charge >= 0.3 is 0 Å². The summed E-state index contributed by atoms with van der Waals surface area (Å²) in [6.45, 7) is 10.4. The maximum Gasteiger partial charge on any atom is 0.00875 e. The van der Waals surface area contributed by atoms with Gasteiger partial charge < -0.3 is 0 Å². The molecule has 1 aliphatic rings. The zero-order valence-corrected chi connectivity index (χ0v) is 21.5. The van der Waals surface area contributed by atoms with E-state index in [2.05, 4.69) is 121 Å². The van der Waals surface area contributed by atoms with Gasteiger partial charge in [0, 0.05) is 10.3 Å². The Labute approximate surface area is 208 Å². The summed E-state index contributed by atoms with van der Waals surface area (Å²) in [5.74, 6) is 0. The van der Waals surface area contributed by atoms with Crippen molar-refractivity contribution in [3.8, 4) is 0 Å². The fourth-order valence-electron chi connectivity index (χ4n) is 5.53. The summed E-state index contributed by atoms with van der Waals surface area (Å²) in [4.78, 5) is 0. The van der Waals surface area contributed by atoms with Crippen molar-refractivity contribution in [3.63, 3.8) is 0 Å². The zero-order valence-electron chi connectivity index (χ0n) is 19.7. The first-order valence-electron chi connectivity index (χ1n) is 12.1. The van der Waals surface area contributed by atoms with Gasteiger partial charge in [-0.05, 0) is 63.8 Å². The zero-order chi connectivity index (χ0) is 23.4. The van der Waals surface area contributed by atoms with E-state index in [1.807, 2.05) is 0 Å². The van der Waals surface area contributed by atoms with Crippen LogP contribution in [0.4, 0.5) is 0 Å². The summed E-state index contributed by atoms with van der Waals surface area (Å²) in [6.07, 6.45) is 4.63. The Bertz CT molecular complexity index is 1000. The van der Waals surface area contributed by atoms with E-state index in [1.54, 1.807) is 0 Å². The Morgan fingerprint density at radius 3 is 0.882 bits per heavy atom. The van der Waals surface area contributed by atoms with E-state index in [-0.39, 0.29) is 10.3 Å². The minimum Gasteiger partial charge on any atom is -0.0622 e. The molecule has 0 aromatic heterocycles. The molecule has 2 radical (unpaired) electrons. The molecule has 0 aliphatic heterocycles. The van der Waals surface area contributed by atoms with E-state index in [0.29, 0.717) is 0 Å². The van der Waals surface area contributed by atoms with Gasteiger partial charge in [-0.3, -0.25) is 0 Å². The molecule has 2 atom stereocenters. The van der Waals surface area contributed by atoms with Gasteiger partial charge in [0.25, 0.3) is 0 Å². The van der Waals surface area contributed by atoms with Crippen LogP contribution >= 0.6 is 15.8 Å². The number of rotatable bonds is 6. The number of hydrogen-bond donors (Lipinski definition) is 0. The highest BCUT2D eigenvalue weighted by Crippen LogP contribution is 2.69. The van der Waals surface area contributed by atoms with E-state index < -0.39 is 15.8 Å². The van der Waals surface area contributed by atoms with Crippen LogP contribution in [-0.2, 0) is 0 Å². The second-order valence-electron chi connectivity index (χ2n) is 9.28. The molecule has 0 saturated heterocycles. The van der Waals surface area contributed by atoms with E-state index >= 15 is 0 Å². The predicted octanol–water partition coefficient (Wildman–Crippen LogP) is 6.97. The predicted molar refractivity (Wildman–Crippen MR) is 153 cm³/mol. The smallest absolute Gasteiger partial charge is 0.00875 e. The molecule has 0 heterocycles. The SMILES string of the molecule is [CH2][C@@]1(P(c2ccccc2)c2ccccc2)CCCC[C@@]1([CH2])P(c1ccccc1)c1ccccc1. The summed E-state index contributed by atoms with van der Waals surface area (Å²) < 4.78 is 0. The Morgan fingerprint density at radius 2 is 0.647 bits per heavy atom. The van der Waals surface area contributed by atoms with E-state index in [4.69, 9.17) is 13.8 Å². The summed E-state index contributed by atoms with van der Waals surface area (Å²) in [6, 6.07) is 44.5. The van der Waals surface area contributed by atoms with Crippen LogP contribution in [0.5, 0.6) is 0 Å². The molecule has 4 aromatic rings.